The van der Waals surface area contributed by atoms with Gasteiger partial charge >= 0.3 is 5.97 Å². The average Bonchev–Trinajstić information content (AvgIpc) is 2.84. The van der Waals surface area contributed by atoms with Crippen molar-refractivity contribution in [2.75, 3.05) is 49.8 Å². The lowest BCUT2D eigenvalue weighted by Crippen LogP contribution is -2.27. The Kier molecular flexibility index (Phi) is 7.05. The molecule has 1 heterocycles. The molecule has 0 saturated heterocycles. The molecule has 2 aromatic rings. The summed E-state index contributed by atoms with van der Waals surface area (Å²) >= 11 is 0. The van der Waals surface area contributed by atoms with Crippen molar-refractivity contribution in [3.63, 3.8) is 0 Å². The molecule has 0 amide bonds. The zero-order valence-corrected chi connectivity index (χ0v) is 21.1. The van der Waals surface area contributed by atoms with E-state index in [4.69, 9.17) is 25.4 Å². The smallest absolute Gasteiger partial charge is 0.303 e. The number of nitrogens with two attached hydrogens (primary N) is 1. The molecule has 0 fully saturated rings. The molecule has 8 nitrogen and oxygen atoms in total. The molecule has 1 aliphatic carbocycles. The summed E-state index contributed by atoms with van der Waals surface area (Å²) in [5.41, 5.74) is 11.9. The van der Waals surface area contributed by atoms with Crippen molar-refractivity contribution in [3.8, 4) is 28.2 Å². The minimum absolute atomic E-state index is 0.121. The van der Waals surface area contributed by atoms with Crippen molar-refractivity contribution in [1.82, 2.24) is 0 Å². The van der Waals surface area contributed by atoms with E-state index in [1.54, 1.807) is 25.3 Å². The van der Waals surface area contributed by atoms with Crippen molar-refractivity contribution in [1.29, 1.82) is 5.41 Å². The van der Waals surface area contributed by atoms with Crippen molar-refractivity contribution in [2.24, 2.45) is 0 Å². The number of nitrogens with one attached hydrogen (secondary N) is 1. The molecule has 0 bridgehead atoms. The van der Waals surface area contributed by atoms with Gasteiger partial charge in [0.05, 0.1) is 23.8 Å². The van der Waals surface area contributed by atoms with Crippen molar-refractivity contribution in [3.05, 3.63) is 53.9 Å². The van der Waals surface area contributed by atoms with Crippen molar-refractivity contribution < 1.29 is 19.1 Å². The number of hydrogen-bond acceptors (Lipinski definition) is 7. The van der Waals surface area contributed by atoms with E-state index in [0.717, 1.165) is 40.0 Å². The number of rotatable bonds is 9. The fraction of sp³-hybridized carbons (Fsp3) is 0.286. The molecule has 2 aliphatic rings. The lowest BCUT2D eigenvalue weighted by Gasteiger charge is -2.30. The first kappa shape index (κ1) is 24.9. The van der Waals surface area contributed by atoms with Crippen molar-refractivity contribution in [2.45, 2.75) is 19.8 Å². The number of anilines is 3. The number of carboxylic acids is 1. The Morgan fingerprint density at radius 3 is 2.53 bits per heavy atom. The summed E-state index contributed by atoms with van der Waals surface area (Å²) in [5, 5.41) is 18.4. The van der Waals surface area contributed by atoms with Gasteiger partial charge in [-0.3, -0.25) is 4.79 Å². The first-order chi connectivity index (χ1) is 17.2. The van der Waals surface area contributed by atoms with Crippen LogP contribution in [0.3, 0.4) is 0 Å². The van der Waals surface area contributed by atoms with Gasteiger partial charge in [-0.25, -0.2) is 0 Å². The van der Waals surface area contributed by atoms with Gasteiger partial charge < -0.3 is 35.2 Å². The van der Waals surface area contributed by atoms with E-state index < -0.39 is 5.97 Å². The Hall–Kier alpha value is -4.20. The van der Waals surface area contributed by atoms with E-state index in [1.807, 2.05) is 38.4 Å². The van der Waals surface area contributed by atoms with Crippen LogP contribution < -0.4 is 25.6 Å². The topological polar surface area (TPSA) is 116 Å². The van der Waals surface area contributed by atoms with E-state index >= 15 is 0 Å². The van der Waals surface area contributed by atoms with Gasteiger partial charge in [0, 0.05) is 79.6 Å². The predicted octanol–water partition coefficient (Wildman–Crippen LogP) is 5.03. The quantitative estimate of drug-likeness (QED) is 0.223. The molecule has 4 N–H and O–H groups in total. The molecule has 36 heavy (non-hydrogen) atoms. The Bertz CT molecular complexity index is 1440. The number of fused-ring (bicyclic) bond motifs is 2. The Balaban J connectivity index is 1.99. The summed E-state index contributed by atoms with van der Waals surface area (Å²) in [7, 11) is 5.63. The third-order valence-corrected chi connectivity index (χ3v) is 6.33. The van der Waals surface area contributed by atoms with Crippen molar-refractivity contribution >= 4 is 34.0 Å². The second-order valence-corrected chi connectivity index (χ2v) is 8.96. The zero-order chi connectivity index (χ0) is 26.0. The third-order valence-electron chi connectivity index (χ3n) is 6.33. The third kappa shape index (κ3) is 4.79. The summed E-state index contributed by atoms with van der Waals surface area (Å²) < 4.78 is 12.1. The van der Waals surface area contributed by atoms with Gasteiger partial charge in [-0.1, -0.05) is 0 Å². The predicted molar refractivity (Wildman–Crippen MR) is 144 cm³/mol. The van der Waals surface area contributed by atoms with Gasteiger partial charge in [-0.2, -0.15) is 0 Å². The maximum absolute atomic E-state index is 11.1. The van der Waals surface area contributed by atoms with E-state index in [0.29, 0.717) is 41.1 Å². The Morgan fingerprint density at radius 1 is 1.08 bits per heavy atom. The minimum Gasteiger partial charge on any atom is -0.496 e. The van der Waals surface area contributed by atoms with Crippen LogP contribution >= 0.6 is 0 Å². The summed E-state index contributed by atoms with van der Waals surface area (Å²) in [4.78, 5) is 15.3. The molecule has 0 atom stereocenters. The summed E-state index contributed by atoms with van der Waals surface area (Å²) in [6.45, 7) is 3.40. The molecule has 188 valence electrons. The van der Waals surface area contributed by atoms with Gasteiger partial charge in [-0.15, -0.1) is 0 Å². The van der Waals surface area contributed by atoms with E-state index in [2.05, 4.69) is 22.8 Å². The highest BCUT2D eigenvalue weighted by Gasteiger charge is 2.23. The monoisotopic (exact) mass is 488 g/mol. The Labute approximate surface area is 210 Å². The summed E-state index contributed by atoms with van der Waals surface area (Å²) in [6, 6.07) is 15.1. The molecular weight excluding hydrogens is 456 g/mol. The highest BCUT2D eigenvalue weighted by Crippen LogP contribution is 2.47. The normalized spacial score (nSPS) is 11.1. The number of ether oxygens (including phenoxy) is 1. The lowest BCUT2D eigenvalue weighted by atomic mass is 9.92. The van der Waals surface area contributed by atoms with Crippen LogP contribution in [0.2, 0.25) is 0 Å². The van der Waals surface area contributed by atoms with E-state index in [9.17, 15) is 4.79 Å². The average molecular weight is 489 g/mol. The van der Waals surface area contributed by atoms with Crippen LogP contribution in [0.25, 0.3) is 33.4 Å². The highest BCUT2D eigenvalue weighted by molar-refractivity contribution is 6.05. The number of hydrogen-bond donors (Lipinski definition) is 3. The molecule has 4 rings (SSSR count). The van der Waals surface area contributed by atoms with Crippen LogP contribution in [0.4, 0.5) is 17.1 Å². The number of aliphatic carboxylic acids is 1. The molecule has 0 aromatic heterocycles. The van der Waals surface area contributed by atoms with Crippen LogP contribution in [-0.2, 0) is 4.79 Å². The van der Waals surface area contributed by atoms with Crippen LogP contribution in [-0.4, -0.2) is 45.4 Å². The maximum Gasteiger partial charge on any atom is 0.303 e. The number of benzene rings is 3. The standard InChI is InChI=1S/C28H32N4O4/c1-5-32(12-6-7-27(33)34)23-16-24(35-4)21(15-22(23)31(2)3)28-19-10-8-17(29)13-25(19)36-26-14-18(30)9-11-20(26)28/h8-11,13-16,29H,5-7,12,30H2,1-4H3,(H,33,34). The molecule has 0 saturated carbocycles. The number of carbonyl (C=O) groups is 1. The van der Waals surface area contributed by atoms with Crippen LogP contribution in [0.1, 0.15) is 19.8 Å². The first-order valence-corrected chi connectivity index (χ1v) is 11.9. The number of methoxy groups -OCH3 is 1. The van der Waals surface area contributed by atoms with Gasteiger partial charge in [0.25, 0.3) is 0 Å². The summed E-state index contributed by atoms with van der Waals surface area (Å²) in [5.74, 6) is 0.487. The maximum atomic E-state index is 11.1. The second kappa shape index (κ2) is 10.2. The van der Waals surface area contributed by atoms with Gasteiger partial charge in [0.1, 0.15) is 17.1 Å². The number of nitrogen functional groups attached to an aromatic ring is 1. The molecule has 0 spiro atoms. The number of nitrogens with zero attached hydrogens (tertiary/aromatic N) is 2. The van der Waals surface area contributed by atoms with Crippen LogP contribution in [0, 0.1) is 5.41 Å². The molecule has 0 unspecified atom stereocenters. The minimum atomic E-state index is -0.795. The molecule has 2 aromatic carbocycles. The first-order valence-electron chi connectivity index (χ1n) is 11.9. The zero-order valence-electron chi connectivity index (χ0n) is 21.1. The fourth-order valence-corrected chi connectivity index (χ4v) is 4.60. The molecule has 0 radical (unpaired) electrons. The highest BCUT2D eigenvalue weighted by atomic mass is 16.5. The molecular formula is C28H32N4O4. The fourth-order valence-electron chi connectivity index (χ4n) is 4.60. The Morgan fingerprint density at radius 2 is 1.86 bits per heavy atom. The lowest BCUT2D eigenvalue weighted by molar-refractivity contribution is -0.137. The van der Waals surface area contributed by atoms with E-state index in [1.165, 1.54) is 0 Å². The second-order valence-electron chi connectivity index (χ2n) is 8.96. The largest absolute Gasteiger partial charge is 0.496 e. The van der Waals surface area contributed by atoms with E-state index in [-0.39, 0.29) is 6.42 Å². The van der Waals surface area contributed by atoms with Gasteiger partial charge in [0.15, 0.2) is 0 Å². The van der Waals surface area contributed by atoms with Crippen LogP contribution in [0.15, 0.2) is 52.9 Å². The van der Waals surface area contributed by atoms with Gasteiger partial charge in [-0.05, 0) is 43.7 Å². The summed E-state index contributed by atoms with van der Waals surface area (Å²) in [6.07, 6.45) is 0.669. The molecule has 8 heteroatoms. The number of carboxylic acid groups (broad SMARTS) is 1. The SMILES string of the molecule is CCN(CCCC(=O)O)c1cc(OC)c(-c2c3ccc(=N)cc-3oc3cc(N)ccc23)cc1N(C)C. The van der Waals surface area contributed by atoms with Gasteiger partial charge in [0.2, 0.25) is 0 Å². The molecule has 1 aliphatic heterocycles. The van der Waals surface area contributed by atoms with Crippen LogP contribution in [0.5, 0.6) is 5.75 Å².